The molecule has 1 spiro atoms. The van der Waals surface area contributed by atoms with Gasteiger partial charge in [0.2, 0.25) is 0 Å². The summed E-state index contributed by atoms with van der Waals surface area (Å²) in [5.41, 5.74) is 0.868. The summed E-state index contributed by atoms with van der Waals surface area (Å²) in [6.45, 7) is 2.79. The van der Waals surface area contributed by atoms with Crippen LogP contribution in [0.3, 0.4) is 0 Å². The van der Waals surface area contributed by atoms with Crippen LogP contribution in [0.25, 0.3) is 0 Å². The molecular formula is C16H21F2NO2S. The van der Waals surface area contributed by atoms with E-state index in [1.165, 1.54) is 12.1 Å². The smallest absolute Gasteiger partial charge is 0.159 e. The second-order valence-electron chi connectivity index (χ2n) is 6.73. The van der Waals surface area contributed by atoms with Gasteiger partial charge >= 0.3 is 0 Å². The highest BCUT2D eigenvalue weighted by Gasteiger charge is 2.49. The van der Waals surface area contributed by atoms with Crippen LogP contribution in [-0.4, -0.2) is 44.5 Å². The first-order valence-corrected chi connectivity index (χ1v) is 9.56. The van der Waals surface area contributed by atoms with Crippen molar-refractivity contribution in [1.29, 1.82) is 0 Å². The third kappa shape index (κ3) is 3.49. The van der Waals surface area contributed by atoms with Crippen LogP contribution in [0.1, 0.15) is 24.8 Å². The number of piperidine rings is 1. The van der Waals surface area contributed by atoms with Crippen LogP contribution >= 0.6 is 0 Å². The Hall–Kier alpha value is -1.01. The standard InChI is InChI=1S/C16H21F2NO2S/c17-14-4-3-13(10-15(14)18)2-1-7-19-8-5-16(6-9-19)11-22(20,21)12-16/h3-4,10H,1-2,5-9,11-12H2. The lowest BCUT2D eigenvalue weighted by Gasteiger charge is -2.47. The van der Waals surface area contributed by atoms with Gasteiger partial charge in [-0.1, -0.05) is 6.07 Å². The van der Waals surface area contributed by atoms with Crippen LogP contribution in [0, 0.1) is 17.0 Å². The van der Waals surface area contributed by atoms with Crippen molar-refractivity contribution in [2.75, 3.05) is 31.1 Å². The number of likely N-dealkylation sites (tertiary alicyclic amines) is 1. The number of nitrogens with zero attached hydrogens (tertiary/aromatic N) is 1. The molecule has 6 heteroatoms. The van der Waals surface area contributed by atoms with E-state index >= 15 is 0 Å². The molecule has 0 unspecified atom stereocenters. The maximum Gasteiger partial charge on any atom is 0.159 e. The van der Waals surface area contributed by atoms with Gasteiger partial charge in [-0.15, -0.1) is 0 Å². The summed E-state index contributed by atoms with van der Waals surface area (Å²) in [5.74, 6) is -0.866. The zero-order valence-electron chi connectivity index (χ0n) is 12.5. The highest BCUT2D eigenvalue weighted by molar-refractivity contribution is 7.92. The lowest BCUT2D eigenvalue weighted by atomic mass is 9.81. The molecule has 3 nitrogen and oxygen atoms in total. The summed E-state index contributed by atoms with van der Waals surface area (Å²) in [4.78, 5) is 2.34. The first-order chi connectivity index (χ1) is 10.4. The number of hydrogen-bond donors (Lipinski definition) is 0. The summed E-state index contributed by atoms with van der Waals surface area (Å²) in [7, 11) is -2.75. The summed E-state index contributed by atoms with van der Waals surface area (Å²) in [6, 6.07) is 4.06. The van der Waals surface area contributed by atoms with E-state index in [1.54, 1.807) is 6.07 Å². The van der Waals surface area contributed by atoms with E-state index < -0.39 is 21.5 Å². The summed E-state index contributed by atoms with van der Waals surface area (Å²) in [6.07, 6.45) is 3.54. The Morgan fingerprint density at radius 3 is 2.36 bits per heavy atom. The van der Waals surface area contributed by atoms with Crippen LogP contribution in [0.4, 0.5) is 8.78 Å². The van der Waals surface area contributed by atoms with Crippen molar-refractivity contribution in [3.63, 3.8) is 0 Å². The van der Waals surface area contributed by atoms with Gasteiger partial charge in [-0.3, -0.25) is 0 Å². The van der Waals surface area contributed by atoms with Gasteiger partial charge in [0.15, 0.2) is 21.5 Å². The molecule has 1 aromatic rings. The number of rotatable bonds is 4. The normalized spacial score (nSPS) is 23.4. The monoisotopic (exact) mass is 329 g/mol. The Balaban J connectivity index is 1.41. The third-order valence-electron chi connectivity index (χ3n) is 4.89. The first-order valence-electron chi connectivity index (χ1n) is 7.74. The van der Waals surface area contributed by atoms with E-state index in [1.807, 2.05) is 0 Å². The fourth-order valence-electron chi connectivity index (χ4n) is 3.63. The van der Waals surface area contributed by atoms with Gasteiger partial charge in [0.05, 0.1) is 11.5 Å². The molecule has 3 rings (SSSR count). The van der Waals surface area contributed by atoms with E-state index in [9.17, 15) is 17.2 Å². The average Bonchev–Trinajstić information content (AvgIpc) is 2.43. The lowest BCUT2D eigenvalue weighted by molar-refractivity contribution is 0.125. The quantitative estimate of drug-likeness (QED) is 0.851. The molecular weight excluding hydrogens is 308 g/mol. The molecule has 0 radical (unpaired) electrons. The molecule has 0 N–H and O–H groups in total. The van der Waals surface area contributed by atoms with Crippen molar-refractivity contribution in [2.45, 2.75) is 25.7 Å². The van der Waals surface area contributed by atoms with Crippen LogP contribution in [0.15, 0.2) is 18.2 Å². The Bertz CT molecular complexity index is 638. The predicted octanol–water partition coefficient (Wildman–Crippen LogP) is 2.41. The van der Waals surface area contributed by atoms with E-state index in [2.05, 4.69) is 4.90 Å². The average molecular weight is 329 g/mol. The minimum atomic E-state index is -2.75. The van der Waals surface area contributed by atoms with Crippen molar-refractivity contribution >= 4 is 9.84 Å². The number of halogens is 2. The second kappa shape index (κ2) is 5.89. The van der Waals surface area contributed by atoms with Crippen molar-refractivity contribution in [3.8, 4) is 0 Å². The molecule has 0 amide bonds. The van der Waals surface area contributed by atoms with Gasteiger partial charge in [-0.25, -0.2) is 17.2 Å². The zero-order chi connectivity index (χ0) is 15.8. The van der Waals surface area contributed by atoms with Crippen LogP contribution in [0.5, 0.6) is 0 Å². The summed E-state index contributed by atoms with van der Waals surface area (Å²) < 4.78 is 48.7. The number of sulfone groups is 1. The molecule has 2 saturated heterocycles. The lowest BCUT2D eigenvalue weighted by Crippen LogP contribution is -2.54. The van der Waals surface area contributed by atoms with E-state index in [-0.39, 0.29) is 5.41 Å². The minimum absolute atomic E-state index is 0.0510. The number of aryl methyl sites for hydroxylation is 1. The maximum atomic E-state index is 13.1. The molecule has 22 heavy (non-hydrogen) atoms. The van der Waals surface area contributed by atoms with Gasteiger partial charge in [-0.2, -0.15) is 0 Å². The first kappa shape index (κ1) is 15.9. The van der Waals surface area contributed by atoms with Gasteiger partial charge in [0.1, 0.15) is 0 Å². The molecule has 1 aromatic carbocycles. The topological polar surface area (TPSA) is 37.4 Å². The zero-order valence-corrected chi connectivity index (χ0v) is 13.3. The van der Waals surface area contributed by atoms with E-state index in [0.29, 0.717) is 11.5 Å². The van der Waals surface area contributed by atoms with Gasteiger partial charge in [0.25, 0.3) is 0 Å². The van der Waals surface area contributed by atoms with Crippen molar-refractivity contribution in [3.05, 3.63) is 35.4 Å². The fraction of sp³-hybridized carbons (Fsp3) is 0.625. The van der Waals surface area contributed by atoms with E-state index in [0.717, 1.165) is 50.9 Å². The fourth-order valence-corrected chi connectivity index (χ4v) is 5.99. The molecule has 0 saturated carbocycles. The van der Waals surface area contributed by atoms with Crippen LogP contribution in [-0.2, 0) is 16.3 Å². The Kier molecular flexibility index (Phi) is 4.25. The van der Waals surface area contributed by atoms with E-state index in [4.69, 9.17) is 0 Å². The number of hydrogen-bond acceptors (Lipinski definition) is 3. The second-order valence-corrected chi connectivity index (χ2v) is 8.79. The molecule has 2 aliphatic rings. The van der Waals surface area contributed by atoms with Gasteiger partial charge in [0, 0.05) is 5.41 Å². The SMILES string of the molecule is O=S1(=O)CC2(CCN(CCCc3ccc(F)c(F)c3)CC2)C1. The molecule has 0 atom stereocenters. The Morgan fingerprint density at radius 2 is 1.77 bits per heavy atom. The molecule has 2 fully saturated rings. The summed E-state index contributed by atoms with van der Waals surface area (Å²) >= 11 is 0. The largest absolute Gasteiger partial charge is 0.303 e. The molecule has 2 heterocycles. The van der Waals surface area contributed by atoms with Crippen molar-refractivity contribution in [1.82, 2.24) is 4.90 Å². The highest BCUT2D eigenvalue weighted by atomic mass is 32.2. The predicted molar refractivity (Wildman–Crippen MR) is 81.4 cm³/mol. The molecule has 122 valence electrons. The highest BCUT2D eigenvalue weighted by Crippen LogP contribution is 2.42. The summed E-state index contributed by atoms with van der Waals surface area (Å²) in [5, 5.41) is 0. The van der Waals surface area contributed by atoms with Crippen LogP contribution in [0.2, 0.25) is 0 Å². The molecule has 0 bridgehead atoms. The third-order valence-corrected chi connectivity index (χ3v) is 7.00. The minimum Gasteiger partial charge on any atom is -0.303 e. The molecule has 0 aliphatic carbocycles. The Labute approximate surface area is 130 Å². The van der Waals surface area contributed by atoms with Gasteiger partial charge in [-0.05, 0) is 63.0 Å². The maximum absolute atomic E-state index is 13.1. The van der Waals surface area contributed by atoms with Crippen LogP contribution < -0.4 is 0 Å². The number of benzene rings is 1. The Morgan fingerprint density at radius 1 is 1.09 bits per heavy atom. The van der Waals surface area contributed by atoms with Crippen molar-refractivity contribution < 1.29 is 17.2 Å². The van der Waals surface area contributed by atoms with Crippen molar-refractivity contribution in [2.24, 2.45) is 5.41 Å². The molecule has 0 aromatic heterocycles. The van der Waals surface area contributed by atoms with Gasteiger partial charge < -0.3 is 4.90 Å². The molecule has 2 aliphatic heterocycles.